The Labute approximate surface area is 181 Å². The number of quaternary nitrogens is 1. The zero-order valence-electron chi connectivity index (χ0n) is 17.6. The van der Waals surface area contributed by atoms with Gasteiger partial charge in [0.25, 0.3) is 5.91 Å². The molecule has 1 amide bonds. The molecule has 8 heteroatoms. The lowest BCUT2D eigenvalue weighted by atomic mass is 10.2. The number of methoxy groups -OCH3 is 1. The fraction of sp³-hybridized carbons (Fsp3) is 0.318. The Balaban J connectivity index is 1.94. The first-order valence-electron chi connectivity index (χ1n) is 10.0. The van der Waals surface area contributed by atoms with E-state index in [1.165, 1.54) is 0 Å². The van der Waals surface area contributed by atoms with Crippen molar-refractivity contribution in [3.8, 4) is 22.8 Å². The fourth-order valence-electron chi connectivity index (χ4n) is 3.16. The third kappa shape index (κ3) is 5.14. The molecular weight excluding hydrogens is 398 g/mol. The van der Waals surface area contributed by atoms with Crippen LogP contribution in [0.1, 0.15) is 13.3 Å². The summed E-state index contributed by atoms with van der Waals surface area (Å²) in [4.78, 5) is 13.1. The number of nitrogens with one attached hydrogen (secondary N) is 2. The van der Waals surface area contributed by atoms with Crippen molar-refractivity contribution in [2.45, 2.75) is 20.0 Å². The van der Waals surface area contributed by atoms with Gasteiger partial charge >= 0.3 is 0 Å². The minimum Gasteiger partial charge on any atom is -0.497 e. The molecule has 0 radical (unpaired) electrons. The Morgan fingerprint density at radius 1 is 1.17 bits per heavy atom. The monoisotopic (exact) mass is 426 g/mol. The van der Waals surface area contributed by atoms with Crippen LogP contribution in [0, 0.1) is 4.77 Å². The molecule has 2 N–H and O–H groups in total. The van der Waals surface area contributed by atoms with Gasteiger partial charge in [-0.3, -0.25) is 9.36 Å². The molecule has 158 valence electrons. The topological polar surface area (TPSA) is 65.5 Å². The number of likely N-dealkylation sites (N-methyl/N-ethyl adjacent to an activating group) is 1. The average molecular weight is 427 g/mol. The van der Waals surface area contributed by atoms with Gasteiger partial charge in [-0.2, -0.15) is 4.68 Å². The second kappa shape index (κ2) is 10.2. The summed E-state index contributed by atoms with van der Waals surface area (Å²) in [5.41, 5.74) is 1.88. The van der Waals surface area contributed by atoms with Gasteiger partial charge in [-0.15, -0.1) is 5.10 Å². The first-order chi connectivity index (χ1) is 14.5. The number of amides is 1. The highest BCUT2D eigenvalue weighted by molar-refractivity contribution is 7.71. The van der Waals surface area contributed by atoms with Gasteiger partial charge in [0.05, 0.1) is 14.2 Å². The molecule has 1 unspecified atom stereocenters. The van der Waals surface area contributed by atoms with Crippen LogP contribution in [0.3, 0.4) is 0 Å². The van der Waals surface area contributed by atoms with E-state index < -0.39 is 0 Å². The number of para-hydroxylation sites is 1. The Morgan fingerprint density at radius 3 is 2.50 bits per heavy atom. The summed E-state index contributed by atoms with van der Waals surface area (Å²) in [5.74, 6) is 1.56. The Hall–Kier alpha value is -2.97. The molecule has 30 heavy (non-hydrogen) atoms. The zero-order chi connectivity index (χ0) is 21.5. The molecule has 0 aliphatic rings. The van der Waals surface area contributed by atoms with Gasteiger partial charge < -0.3 is 15.0 Å². The Kier molecular flexibility index (Phi) is 7.37. The number of aromatic nitrogens is 3. The van der Waals surface area contributed by atoms with E-state index in [0.717, 1.165) is 34.1 Å². The number of ether oxygens (including phenoxy) is 1. The van der Waals surface area contributed by atoms with E-state index >= 15 is 0 Å². The van der Waals surface area contributed by atoms with Crippen LogP contribution in [-0.2, 0) is 11.5 Å². The number of benzene rings is 2. The van der Waals surface area contributed by atoms with Gasteiger partial charge in [0.2, 0.25) is 4.77 Å². The van der Waals surface area contributed by atoms with Crippen molar-refractivity contribution >= 4 is 18.1 Å². The predicted octanol–water partition coefficient (Wildman–Crippen LogP) is 2.08. The number of hydrogen-bond donors (Lipinski definition) is 2. The first kappa shape index (κ1) is 21.7. The third-order valence-electron chi connectivity index (χ3n) is 4.66. The van der Waals surface area contributed by atoms with Gasteiger partial charge in [-0.1, -0.05) is 25.1 Å². The first-order valence-corrected chi connectivity index (χ1v) is 10.4. The average Bonchev–Trinajstić information content (AvgIpc) is 3.08. The second-order valence-electron chi connectivity index (χ2n) is 7.15. The predicted molar refractivity (Wildman–Crippen MR) is 119 cm³/mol. The summed E-state index contributed by atoms with van der Waals surface area (Å²) >= 11 is 5.77. The van der Waals surface area contributed by atoms with Crippen LogP contribution in [-0.4, -0.2) is 47.5 Å². The number of carbonyl (C=O) groups excluding carboxylic acids is 1. The molecular formula is C22H28N5O2S+. The fourth-order valence-corrected chi connectivity index (χ4v) is 3.46. The largest absolute Gasteiger partial charge is 0.497 e. The van der Waals surface area contributed by atoms with Crippen molar-refractivity contribution < 1.29 is 14.4 Å². The summed E-state index contributed by atoms with van der Waals surface area (Å²) in [7, 11) is 3.60. The highest BCUT2D eigenvalue weighted by atomic mass is 32.1. The molecule has 0 spiro atoms. The standard InChI is InChI=1S/C22H27N5O2S/c1-4-14-23-20(28)15-25(2)16-26-22(30)27(18-8-6-5-7-9-18)21(24-26)17-10-12-19(29-3)13-11-17/h5-13H,4,14-16H2,1-3H3,(H,23,28)/p+1. The Morgan fingerprint density at radius 2 is 1.87 bits per heavy atom. The van der Waals surface area contributed by atoms with Crippen LogP contribution >= 0.6 is 12.2 Å². The molecule has 3 rings (SSSR count). The quantitative estimate of drug-likeness (QED) is 0.514. The van der Waals surface area contributed by atoms with Crippen molar-refractivity contribution in [1.82, 2.24) is 19.7 Å². The molecule has 0 bridgehead atoms. The molecule has 0 saturated carbocycles. The van der Waals surface area contributed by atoms with E-state index in [1.807, 2.05) is 73.1 Å². The summed E-state index contributed by atoms with van der Waals surface area (Å²) in [6, 6.07) is 17.7. The van der Waals surface area contributed by atoms with Crippen LogP contribution in [0.25, 0.3) is 17.1 Å². The van der Waals surface area contributed by atoms with Gasteiger partial charge in [0, 0.05) is 17.8 Å². The lowest BCUT2D eigenvalue weighted by Gasteiger charge is -2.13. The van der Waals surface area contributed by atoms with Gasteiger partial charge in [-0.25, -0.2) is 0 Å². The molecule has 0 saturated heterocycles. The van der Waals surface area contributed by atoms with Crippen molar-refractivity contribution in [3.05, 3.63) is 59.4 Å². The highest BCUT2D eigenvalue weighted by Crippen LogP contribution is 2.24. The lowest BCUT2D eigenvalue weighted by molar-refractivity contribution is -0.895. The lowest BCUT2D eigenvalue weighted by Crippen LogP contribution is -3.09. The van der Waals surface area contributed by atoms with Crippen LogP contribution < -0.4 is 15.0 Å². The van der Waals surface area contributed by atoms with E-state index in [4.69, 9.17) is 22.1 Å². The number of rotatable bonds is 9. The summed E-state index contributed by atoms with van der Waals surface area (Å²) in [6.07, 6.45) is 0.919. The smallest absolute Gasteiger partial charge is 0.275 e. The molecule has 3 aromatic rings. The molecule has 2 aromatic carbocycles. The van der Waals surface area contributed by atoms with Gasteiger partial charge in [0.15, 0.2) is 19.0 Å². The molecule has 0 fully saturated rings. The zero-order valence-corrected chi connectivity index (χ0v) is 18.4. The molecule has 1 heterocycles. The summed E-state index contributed by atoms with van der Waals surface area (Å²) in [5, 5.41) is 7.71. The van der Waals surface area contributed by atoms with E-state index in [2.05, 4.69) is 5.32 Å². The molecule has 1 aromatic heterocycles. The number of carbonyl (C=O) groups is 1. The Bertz CT molecular complexity index is 1030. The van der Waals surface area contributed by atoms with Crippen LogP contribution in [0.2, 0.25) is 0 Å². The van der Waals surface area contributed by atoms with Gasteiger partial charge in [-0.05, 0) is 55.0 Å². The van der Waals surface area contributed by atoms with Gasteiger partial charge in [0.1, 0.15) is 5.75 Å². The highest BCUT2D eigenvalue weighted by Gasteiger charge is 2.18. The minimum absolute atomic E-state index is 0.0266. The molecule has 7 nitrogen and oxygen atoms in total. The minimum atomic E-state index is 0.0266. The van der Waals surface area contributed by atoms with Crippen LogP contribution in [0.5, 0.6) is 5.75 Å². The van der Waals surface area contributed by atoms with E-state index in [0.29, 0.717) is 24.5 Å². The molecule has 0 aliphatic carbocycles. The number of nitrogens with zero attached hydrogens (tertiary/aromatic N) is 3. The van der Waals surface area contributed by atoms with Crippen molar-refractivity contribution in [2.24, 2.45) is 0 Å². The van der Waals surface area contributed by atoms with Crippen molar-refractivity contribution in [1.29, 1.82) is 0 Å². The third-order valence-corrected chi connectivity index (χ3v) is 5.05. The maximum Gasteiger partial charge on any atom is 0.275 e. The summed E-state index contributed by atoms with van der Waals surface area (Å²) in [6.45, 7) is 3.57. The SMILES string of the molecule is CCCNC(=O)C[NH+](C)Cn1nc(-c2ccc(OC)cc2)n(-c2ccccc2)c1=S. The van der Waals surface area contributed by atoms with E-state index in [1.54, 1.807) is 11.8 Å². The number of hydrogen-bond acceptors (Lipinski definition) is 4. The molecule has 0 aliphatic heterocycles. The van der Waals surface area contributed by atoms with Crippen LogP contribution in [0.15, 0.2) is 54.6 Å². The van der Waals surface area contributed by atoms with Crippen LogP contribution in [0.4, 0.5) is 0 Å². The normalized spacial score (nSPS) is 11.8. The molecule has 1 atom stereocenters. The second-order valence-corrected chi connectivity index (χ2v) is 7.51. The maximum atomic E-state index is 12.1. The summed E-state index contributed by atoms with van der Waals surface area (Å²) < 4.78 is 9.60. The maximum absolute atomic E-state index is 12.1. The van der Waals surface area contributed by atoms with E-state index in [-0.39, 0.29) is 5.91 Å². The van der Waals surface area contributed by atoms with Crippen molar-refractivity contribution in [2.75, 3.05) is 27.2 Å². The van der Waals surface area contributed by atoms with Crippen molar-refractivity contribution in [3.63, 3.8) is 0 Å². The van der Waals surface area contributed by atoms with E-state index in [9.17, 15) is 4.79 Å².